The molecule has 3 rings (SSSR count). The quantitative estimate of drug-likeness (QED) is 0.347. The number of rotatable bonds is 5. The second-order valence-corrected chi connectivity index (χ2v) is 5.67. The largest absolute Gasteiger partial charge is 0.475 e. The number of aromatic amines is 1. The van der Waals surface area contributed by atoms with Crippen molar-refractivity contribution in [3.63, 3.8) is 0 Å². The molecule has 2 heterocycles. The Hall–Kier alpha value is -3.89. The predicted octanol–water partition coefficient (Wildman–Crippen LogP) is 1.13. The first kappa shape index (κ1) is 17.9. The monoisotopic (exact) mass is 374 g/mol. The van der Waals surface area contributed by atoms with Crippen molar-refractivity contribution >= 4 is 23.2 Å². The molecule has 3 N–H and O–H groups in total. The minimum atomic E-state index is -1.43. The second kappa shape index (κ2) is 6.78. The van der Waals surface area contributed by atoms with E-state index in [0.29, 0.717) is 11.1 Å². The molecule has 0 spiro atoms. The van der Waals surface area contributed by atoms with Crippen LogP contribution in [0.1, 0.15) is 32.1 Å². The topological polar surface area (TPSA) is 142 Å². The van der Waals surface area contributed by atoms with Gasteiger partial charge in [0.05, 0.1) is 11.0 Å². The molecule has 0 bridgehead atoms. The highest BCUT2D eigenvalue weighted by atomic mass is 19.1. The van der Waals surface area contributed by atoms with Crippen molar-refractivity contribution in [3.05, 3.63) is 68.9 Å². The lowest BCUT2D eigenvalue weighted by molar-refractivity contribution is -0.582. The third kappa shape index (κ3) is 3.42. The molecule has 0 saturated heterocycles. The van der Waals surface area contributed by atoms with Crippen LogP contribution in [0.5, 0.6) is 0 Å². The molecule has 0 aliphatic heterocycles. The van der Waals surface area contributed by atoms with E-state index in [9.17, 15) is 24.1 Å². The van der Waals surface area contributed by atoms with Crippen LogP contribution in [0.4, 0.5) is 10.1 Å². The lowest BCUT2D eigenvalue weighted by Gasteiger charge is -2.06. The third-order valence-corrected chi connectivity index (χ3v) is 3.84. The zero-order valence-corrected chi connectivity index (χ0v) is 13.9. The Morgan fingerprint density at radius 1 is 1.41 bits per heavy atom. The summed E-state index contributed by atoms with van der Waals surface area (Å²) in [5.74, 6) is -2.49. The average molecular weight is 374 g/mol. The van der Waals surface area contributed by atoms with Crippen LogP contribution >= 0.6 is 0 Å². The molecule has 1 amide bonds. The van der Waals surface area contributed by atoms with Gasteiger partial charge >= 0.3 is 17.3 Å². The van der Waals surface area contributed by atoms with Gasteiger partial charge in [0.2, 0.25) is 5.69 Å². The number of carboxylic acids is 1. The van der Waals surface area contributed by atoms with Gasteiger partial charge in [0.25, 0.3) is 11.6 Å². The zero-order valence-electron chi connectivity index (χ0n) is 13.9. The normalized spacial score (nSPS) is 10.7. The summed E-state index contributed by atoms with van der Waals surface area (Å²) < 4.78 is 14.3. The van der Waals surface area contributed by atoms with E-state index < -0.39 is 28.2 Å². The number of aromatic carboxylic acids is 1. The summed E-state index contributed by atoms with van der Waals surface area (Å²) in [5, 5.41) is 25.3. The van der Waals surface area contributed by atoms with Gasteiger partial charge in [0, 0.05) is 6.54 Å². The Morgan fingerprint density at radius 2 is 2.15 bits per heavy atom. The molecule has 0 radical (unpaired) electrons. The molecule has 0 atom stereocenters. The highest BCUT2D eigenvalue weighted by Crippen LogP contribution is 2.15. The molecule has 0 aliphatic carbocycles. The number of nitrogens with zero attached hydrogens (tertiary/aromatic N) is 3. The van der Waals surface area contributed by atoms with E-state index >= 15 is 0 Å². The number of hydrogen-bond acceptors (Lipinski definition) is 5. The highest BCUT2D eigenvalue weighted by molar-refractivity contribution is 5.94. The number of carboxylic acid groups (broad SMARTS) is 1. The molecule has 27 heavy (non-hydrogen) atoms. The fraction of sp³-hybridized carbons (Fsp3) is 0.125. The molecule has 10 nitrogen and oxygen atoms in total. The standard InChI is InChI=1S/C16H12FN5O5/c1-8-4-9(2-3-10(8)17)6-18-15(23)12-5-11(16(24)25)20-14-13(22(26)27)7-19-21(12)14/h2-5,7H,6H2,1H3,(H2,18,23,24,25)/p+1. The number of aromatic nitrogens is 3. The van der Waals surface area contributed by atoms with Crippen LogP contribution in [0.3, 0.4) is 0 Å². The maximum atomic E-state index is 13.3. The van der Waals surface area contributed by atoms with Gasteiger partial charge in [-0.3, -0.25) is 14.9 Å². The van der Waals surface area contributed by atoms with E-state index in [0.717, 1.165) is 16.8 Å². The Morgan fingerprint density at radius 3 is 2.78 bits per heavy atom. The summed E-state index contributed by atoms with van der Waals surface area (Å²) in [6, 6.07) is 5.33. The molecule has 3 aromatic rings. The first-order valence-corrected chi connectivity index (χ1v) is 7.63. The first-order valence-electron chi connectivity index (χ1n) is 7.63. The number of hydrogen-bond donors (Lipinski definition) is 3. The van der Waals surface area contributed by atoms with Crippen molar-refractivity contribution < 1.29 is 28.5 Å². The van der Waals surface area contributed by atoms with Gasteiger partial charge in [-0.15, -0.1) is 4.52 Å². The Kier molecular flexibility index (Phi) is 4.50. The molecule has 0 saturated carbocycles. The van der Waals surface area contributed by atoms with Crippen LogP contribution in [-0.4, -0.2) is 32.0 Å². The number of carbonyl (C=O) groups excluding carboxylic acids is 1. The molecule has 0 aliphatic rings. The van der Waals surface area contributed by atoms with Crippen LogP contribution in [0, 0.1) is 22.9 Å². The maximum Gasteiger partial charge on any atom is 0.428 e. The number of nitrogens with one attached hydrogen (secondary N) is 2. The van der Waals surface area contributed by atoms with Crippen molar-refractivity contribution in [1.82, 2.24) is 15.4 Å². The first-order chi connectivity index (χ1) is 12.8. The average Bonchev–Trinajstić information content (AvgIpc) is 3.05. The van der Waals surface area contributed by atoms with Crippen molar-refractivity contribution in [2.24, 2.45) is 0 Å². The van der Waals surface area contributed by atoms with E-state index in [-0.39, 0.29) is 23.7 Å². The summed E-state index contributed by atoms with van der Waals surface area (Å²) in [7, 11) is 0. The number of aryl methyl sites for hydroxylation is 1. The van der Waals surface area contributed by atoms with Gasteiger partial charge in [-0.05, 0) is 29.1 Å². The summed E-state index contributed by atoms with van der Waals surface area (Å²) >= 11 is 0. The summed E-state index contributed by atoms with van der Waals surface area (Å²) in [6.45, 7) is 1.63. The summed E-state index contributed by atoms with van der Waals surface area (Å²) in [4.78, 5) is 37.8. The number of halogens is 1. The molecule has 0 fully saturated rings. The lowest BCUT2D eigenvalue weighted by Crippen LogP contribution is -2.38. The fourth-order valence-corrected chi connectivity index (χ4v) is 2.50. The lowest BCUT2D eigenvalue weighted by atomic mass is 10.1. The highest BCUT2D eigenvalue weighted by Gasteiger charge is 2.31. The van der Waals surface area contributed by atoms with Gasteiger partial charge in [-0.2, -0.15) is 0 Å². The van der Waals surface area contributed by atoms with Crippen molar-refractivity contribution in [1.29, 1.82) is 0 Å². The number of amides is 1. The predicted molar refractivity (Wildman–Crippen MR) is 87.7 cm³/mol. The molecular weight excluding hydrogens is 361 g/mol. The van der Waals surface area contributed by atoms with Crippen molar-refractivity contribution in [2.45, 2.75) is 13.5 Å². The van der Waals surface area contributed by atoms with Crippen molar-refractivity contribution in [3.8, 4) is 0 Å². The molecule has 2 aromatic heterocycles. The van der Waals surface area contributed by atoms with E-state index in [4.69, 9.17) is 5.11 Å². The van der Waals surface area contributed by atoms with Gasteiger partial charge in [0.1, 0.15) is 12.0 Å². The van der Waals surface area contributed by atoms with Crippen LogP contribution in [-0.2, 0) is 6.54 Å². The number of nitro groups is 1. The molecule has 11 heteroatoms. The van der Waals surface area contributed by atoms with Crippen LogP contribution in [0.25, 0.3) is 5.65 Å². The van der Waals surface area contributed by atoms with E-state index in [1.165, 1.54) is 12.1 Å². The molecule has 138 valence electrons. The third-order valence-electron chi connectivity index (χ3n) is 3.84. The number of benzene rings is 1. The zero-order chi connectivity index (χ0) is 19.7. The van der Waals surface area contributed by atoms with Gasteiger partial charge in [-0.1, -0.05) is 12.1 Å². The Balaban J connectivity index is 1.96. The second-order valence-electron chi connectivity index (χ2n) is 5.67. The van der Waals surface area contributed by atoms with Crippen LogP contribution in [0.15, 0.2) is 30.5 Å². The van der Waals surface area contributed by atoms with Crippen LogP contribution in [0.2, 0.25) is 0 Å². The Bertz CT molecular complexity index is 1090. The summed E-state index contributed by atoms with van der Waals surface area (Å²) in [5.41, 5.74) is -0.419. The van der Waals surface area contributed by atoms with Gasteiger partial charge in [-0.25, -0.2) is 14.3 Å². The molecule has 1 aromatic carbocycles. The summed E-state index contributed by atoms with van der Waals surface area (Å²) in [6.07, 6.45) is 1.01. The molecular formula is C16H13FN5O5+. The SMILES string of the molecule is Cc1cc(CNC(=O)c2cc(C(=O)O)nc3c([N+](=O)[O-])c[nH][n+]23)ccc1F. The van der Waals surface area contributed by atoms with Crippen LogP contribution < -0.4 is 9.83 Å². The maximum absolute atomic E-state index is 13.3. The minimum Gasteiger partial charge on any atom is -0.475 e. The van der Waals surface area contributed by atoms with Crippen molar-refractivity contribution in [2.75, 3.05) is 0 Å². The fourth-order valence-electron chi connectivity index (χ4n) is 2.50. The Labute approximate surface area is 150 Å². The van der Waals surface area contributed by atoms with E-state index in [1.807, 2.05) is 0 Å². The number of H-pyrrole nitrogens is 1. The number of carbonyl (C=O) groups is 2. The number of fused-ring (bicyclic) bond motifs is 1. The van der Waals surface area contributed by atoms with E-state index in [2.05, 4.69) is 15.4 Å². The van der Waals surface area contributed by atoms with Gasteiger partial charge < -0.3 is 10.4 Å². The minimum absolute atomic E-state index is 0.0511. The smallest absolute Gasteiger partial charge is 0.428 e. The molecule has 0 unspecified atom stereocenters. The van der Waals surface area contributed by atoms with Gasteiger partial charge in [0.15, 0.2) is 0 Å². The van der Waals surface area contributed by atoms with E-state index in [1.54, 1.807) is 13.0 Å².